The summed E-state index contributed by atoms with van der Waals surface area (Å²) in [6.07, 6.45) is 3.46. The fraction of sp³-hybridized carbons (Fsp3) is 0.625. The number of nitrogens with zero attached hydrogens (tertiary/aromatic N) is 2. The molecular weight excluding hydrogens is 268 g/mol. The number of carbonyl (C=O) groups is 2. The Bertz CT molecular complexity index is 476. The normalized spacial score (nSPS) is 11.1. The molecule has 0 bridgehead atoms. The lowest BCUT2D eigenvalue weighted by atomic mass is 10.1. The van der Waals surface area contributed by atoms with E-state index in [1.807, 2.05) is 4.90 Å². The molecule has 5 nitrogen and oxygen atoms in total. The van der Waals surface area contributed by atoms with Crippen LogP contribution >= 0.6 is 0 Å². The number of rotatable bonds is 8. The fourth-order valence-electron chi connectivity index (χ4n) is 2.56. The third-order valence-electron chi connectivity index (χ3n) is 3.62. The highest BCUT2D eigenvalue weighted by atomic mass is 16.4. The Labute approximate surface area is 126 Å². The molecule has 0 fully saturated rings. The Balaban J connectivity index is 2.90. The topological polar surface area (TPSA) is 62.5 Å². The third kappa shape index (κ3) is 4.62. The molecule has 0 spiro atoms. The van der Waals surface area contributed by atoms with Crippen molar-refractivity contribution in [1.82, 2.24) is 9.47 Å². The summed E-state index contributed by atoms with van der Waals surface area (Å²) in [4.78, 5) is 25.6. The van der Waals surface area contributed by atoms with E-state index in [1.54, 1.807) is 12.3 Å². The van der Waals surface area contributed by atoms with Crippen LogP contribution in [0.5, 0.6) is 0 Å². The first-order chi connectivity index (χ1) is 9.90. The zero-order valence-corrected chi connectivity index (χ0v) is 13.4. The standard InChI is InChI=1S/C16H26N2O3/c1-5-13(6-2)18(10-12(3)4)15(19)11-17-9-7-8-14(17)16(20)21/h7-9,12-13H,5-6,10-11H2,1-4H3,(H,20,21). The molecule has 0 atom stereocenters. The molecule has 5 heteroatoms. The van der Waals surface area contributed by atoms with Crippen molar-refractivity contribution in [1.29, 1.82) is 0 Å². The van der Waals surface area contributed by atoms with Gasteiger partial charge in [-0.3, -0.25) is 4.79 Å². The average molecular weight is 294 g/mol. The van der Waals surface area contributed by atoms with Gasteiger partial charge in [0, 0.05) is 18.8 Å². The minimum atomic E-state index is -1.01. The van der Waals surface area contributed by atoms with E-state index in [9.17, 15) is 9.59 Å². The molecule has 1 aromatic heterocycles. The first-order valence-electron chi connectivity index (χ1n) is 7.58. The lowest BCUT2D eigenvalue weighted by Crippen LogP contribution is -2.43. The monoisotopic (exact) mass is 294 g/mol. The van der Waals surface area contributed by atoms with Crippen molar-refractivity contribution in [3.63, 3.8) is 0 Å². The van der Waals surface area contributed by atoms with Gasteiger partial charge in [0.15, 0.2) is 0 Å². The highest BCUT2D eigenvalue weighted by molar-refractivity contribution is 5.87. The van der Waals surface area contributed by atoms with Gasteiger partial charge in [0.1, 0.15) is 12.2 Å². The van der Waals surface area contributed by atoms with Gasteiger partial charge < -0.3 is 14.6 Å². The number of aromatic carboxylic acids is 1. The second-order valence-electron chi connectivity index (χ2n) is 5.74. The lowest BCUT2D eigenvalue weighted by molar-refractivity contribution is -0.135. The van der Waals surface area contributed by atoms with Crippen LogP contribution in [-0.2, 0) is 11.3 Å². The average Bonchev–Trinajstić information content (AvgIpc) is 2.86. The molecule has 118 valence electrons. The van der Waals surface area contributed by atoms with Gasteiger partial charge in [-0.25, -0.2) is 4.79 Å². The molecular formula is C16H26N2O3. The summed E-state index contributed by atoms with van der Waals surface area (Å²) < 4.78 is 1.50. The number of hydrogen-bond acceptors (Lipinski definition) is 2. The number of aromatic nitrogens is 1. The third-order valence-corrected chi connectivity index (χ3v) is 3.62. The number of carbonyl (C=O) groups excluding carboxylic acids is 1. The van der Waals surface area contributed by atoms with E-state index in [4.69, 9.17) is 5.11 Å². The van der Waals surface area contributed by atoms with Crippen molar-refractivity contribution in [2.45, 2.75) is 53.1 Å². The van der Waals surface area contributed by atoms with Gasteiger partial charge in [-0.1, -0.05) is 27.7 Å². The maximum Gasteiger partial charge on any atom is 0.352 e. The summed E-state index contributed by atoms with van der Waals surface area (Å²) in [5.41, 5.74) is 0.150. The van der Waals surface area contributed by atoms with Gasteiger partial charge in [-0.15, -0.1) is 0 Å². The highest BCUT2D eigenvalue weighted by Gasteiger charge is 2.23. The molecule has 0 aliphatic heterocycles. The molecule has 0 saturated carbocycles. The number of carboxylic acid groups (broad SMARTS) is 1. The number of amides is 1. The summed E-state index contributed by atoms with van der Waals surface area (Å²) in [5, 5.41) is 9.11. The first-order valence-corrected chi connectivity index (χ1v) is 7.58. The quantitative estimate of drug-likeness (QED) is 0.802. The van der Waals surface area contributed by atoms with Crippen LogP contribution in [0.2, 0.25) is 0 Å². The zero-order chi connectivity index (χ0) is 16.0. The molecule has 0 aromatic carbocycles. The van der Waals surface area contributed by atoms with E-state index in [1.165, 1.54) is 10.6 Å². The SMILES string of the molecule is CCC(CC)N(CC(C)C)C(=O)Cn1cccc1C(=O)O. The Morgan fingerprint density at radius 1 is 1.29 bits per heavy atom. The van der Waals surface area contributed by atoms with Crippen LogP contribution in [0.3, 0.4) is 0 Å². The summed E-state index contributed by atoms with van der Waals surface area (Å²) in [6.45, 7) is 9.11. The van der Waals surface area contributed by atoms with Crippen molar-refractivity contribution >= 4 is 11.9 Å². The molecule has 0 unspecified atom stereocenters. The minimum Gasteiger partial charge on any atom is -0.477 e. The van der Waals surface area contributed by atoms with E-state index in [2.05, 4.69) is 27.7 Å². The summed E-state index contributed by atoms with van der Waals surface area (Å²) in [6, 6.07) is 3.38. The smallest absolute Gasteiger partial charge is 0.352 e. The Morgan fingerprint density at radius 2 is 1.90 bits per heavy atom. The molecule has 1 aromatic rings. The Kier molecular flexibility index (Phi) is 6.46. The maximum absolute atomic E-state index is 12.6. The Morgan fingerprint density at radius 3 is 2.38 bits per heavy atom. The number of hydrogen-bond donors (Lipinski definition) is 1. The Hall–Kier alpha value is -1.78. The van der Waals surface area contributed by atoms with Gasteiger partial charge in [0.2, 0.25) is 5.91 Å². The summed E-state index contributed by atoms with van der Waals surface area (Å²) >= 11 is 0. The van der Waals surface area contributed by atoms with Gasteiger partial charge in [0.05, 0.1) is 0 Å². The van der Waals surface area contributed by atoms with Crippen LogP contribution in [0.4, 0.5) is 0 Å². The molecule has 0 saturated heterocycles. The molecule has 1 heterocycles. The molecule has 0 aliphatic rings. The van der Waals surface area contributed by atoms with Crippen LogP contribution in [0, 0.1) is 5.92 Å². The fourth-order valence-corrected chi connectivity index (χ4v) is 2.56. The van der Waals surface area contributed by atoms with Crippen LogP contribution in [0.1, 0.15) is 51.0 Å². The minimum absolute atomic E-state index is 0.0175. The molecule has 0 radical (unpaired) electrons. The van der Waals surface area contributed by atoms with E-state index in [0.29, 0.717) is 12.5 Å². The molecule has 1 amide bonds. The summed E-state index contributed by atoms with van der Waals surface area (Å²) in [7, 11) is 0. The van der Waals surface area contributed by atoms with Crippen molar-refractivity contribution in [2.24, 2.45) is 5.92 Å². The largest absolute Gasteiger partial charge is 0.477 e. The predicted octanol–water partition coefficient (Wildman–Crippen LogP) is 2.86. The van der Waals surface area contributed by atoms with Gasteiger partial charge in [0.25, 0.3) is 0 Å². The van der Waals surface area contributed by atoms with E-state index >= 15 is 0 Å². The van der Waals surface area contributed by atoms with Crippen LogP contribution in [-0.4, -0.2) is 39.0 Å². The molecule has 21 heavy (non-hydrogen) atoms. The molecule has 1 N–H and O–H groups in total. The van der Waals surface area contributed by atoms with Gasteiger partial charge >= 0.3 is 5.97 Å². The zero-order valence-electron chi connectivity index (χ0n) is 13.4. The number of carboxylic acids is 1. The van der Waals surface area contributed by atoms with E-state index in [-0.39, 0.29) is 24.2 Å². The van der Waals surface area contributed by atoms with Crippen LogP contribution in [0.15, 0.2) is 18.3 Å². The molecule has 1 rings (SSSR count). The van der Waals surface area contributed by atoms with Crippen molar-refractivity contribution < 1.29 is 14.7 Å². The summed E-state index contributed by atoms with van der Waals surface area (Å²) in [5.74, 6) is -0.639. The first kappa shape index (κ1) is 17.3. The van der Waals surface area contributed by atoms with Crippen LogP contribution in [0.25, 0.3) is 0 Å². The second-order valence-corrected chi connectivity index (χ2v) is 5.74. The molecule has 0 aliphatic carbocycles. The van der Waals surface area contributed by atoms with Crippen molar-refractivity contribution in [3.05, 3.63) is 24.0 Å². The maximum atomic E-state index is 12.6. The van der Waals surface area contributed by atoms with Crippen molar-refractivity contribution in [2.75, 3.05) is 6.54 Å². The highest BCUT2D eigenvalue weighted by Crippen LogP contribution is 2.13. The van der Waals surface area contributed by atoms with Gasteiger partial charge in [-0.05, 0) is 30.9 Å². The van der Waals surface area contributed by atoms with E-state index < -0.39 is 5.97 Å². The van der Waals surface area contributed by atoms with Crippen molar-refractivity contribution in [3.8, 4) is 0 Å². The lowest BCUT2D eigenvalue weighted by Gasteiger charge is -2.32. The van der Waals surface area contributed by atoms with E-state index in [0.717, 1.165) is 12.8 Å². The predicted molar refractivity (Wildman–Crippen MR) is 82.3 cm³/mol. The second kappa shape index (κ2) is 7.86. The van der Waals surface area contributed by atoms with Crippen LogP contribution < -0.4 is 0 Å². The van der Waals surface area contributed by atoms with Gasteiger partial charge in [-0.2, -0.15) is 0 Å².